The minimum atomic E-state index is -2.48. The number of esters is 1. The van der Waals surface area contributed by atoms with Gasteiger partial charge in [0.05, 0.1) is 25.4 Å². The van der Waals surface area contributed by atoms with E-state index in [-0.39, 0.29) is 61.4 Å². The molecule has 1 aliphatic carbocycles. The Labute approximate surface area is 368 Å². The van der Waals surface area contributed by atoms with E-state index in [1.807, 2.05) is 52.0 Å². The van der Waals surface area contributed by atoms with Crippen molar-refractivity contribution in [3.63, 3.8) is 0 Å². The van der Waals surface area contributed by atoms with Gasteiger partial charge in [-0.25, -0.2) is 4.79 Å². The molecular formula is C49H73NO12. The zero-order valence-electron chi connectivity index (χ0n) is 38.5. The number of aliphatic hydroxyl groups is 2. The molecule has 0 aromatic heterocycles. The third-order valence-electron chi connectivity index (χ3n) is 13.8. The van der Waals surface area contributed by atoms with Gasteiger partial charge in [-0.2, -0.15) is 0 Å². The third-order valence-corrected chi connectivity index (χ3v) is 13.8. The predicted octanol–water partition coefficient (Wildman–Crippen LogP) is 6.94. The van der Waals surface area contributed by atoms with Crippen LogP contribution >= 0.6 is 0 Å². The Hall–Kier alpha value is -3.62. The van der Waals surface area contributed by atoms with E-state index in [0.717, 1.165) is 17.6 Å². The molecule has 1 saturated carbocycles. The van der Waals surface area contributed by atoms with Crippen LogP contribution in [-0.4, -0.2) is 115 Å². The lowest BCUT2D eigenvalue weighted by Gasteiger charge is -2.47. The normalized spacial score (nSPS) is 36.5. The first kappa shape index (κ1) is 49.4. The molecule has 13 unspecified atom stereocenters. The maximum absolute atomic E-state index is 14.4. The number of fused-ring (bicyclic) bond motifs is 3. The average molecular weight is 868 g/mol. The number of carbonyl (C=O) groups is 4. The summed E-state index contributed by atoms with van der Waals surface area (Å²) < 4.78 is 35.9. The van der Waals surface area contributed by atoms with Gasteiger partial charge in [-0.15, -0.1) is 0 Å². The Balaban J connectivity index is 1.44. The molecule has 62 heavy (non-hydrogen) atoms. The van der Waals surface area contributed by atoms with E-state index in [4.69, 9.17) is 28.4 Å². The van der Waals surface area contributed by atoms with Gasteiger partial charge in [0, 0.05) is 39.0 Å². The molecular weight excluding hydrogens is 795 g/mol. The van der Waals surface area contributed by atoms with Crippen molar-refractivity contribution in [2.75, 3.05) is 27.9 Å². The highest BCUT2D eigenvalue weighted by Crippen LogP contribution is 2.39. The SMILES string of the molecule is CCC1C=C(C)CC(C)CC(OC)C2OC(O)(C(=O)C(=O)N3CCCCC3C(=O)OC(C(C)=CC3CCC(Oc4ccc(OC)cc4)C(O)C3)C(C)CCC1=O)C(C)CC2OC. The first-order valence-electron chi connectivity index (χ1n) is 22.9. The Morgan fingerprint density at radius 1 is 0.903 bits per heavy atom. The van der Waals surface area contributed by atoms with Gasteiger partial charge < -0.3 is 43.5 Å². The van der Waals surface area contributed by atoms with Crippen molar-refractivity contribution in [3.8, 4) is 11.5 Å². The third kappa shape index (κ3) is 11.9. The Morgan fingerprint density at radius 2 is 1.58 bits per heavy atom. The zero-order chi connectivity index (χ0) is 45.3. The van der Waals surface area contributed by atoms with Crippen LogP contribution in [0.5, 0.6) is 11.5 Å². The van der Waals surface area contributed by atoms with Crippen molar-refractivity contribution in [1.82, 2.24) is 4.90 Å². The molecule has 3 aliphatic heterocycles. The topological polar surface area (TPSA) is 167 Å². The van der Waals surface area contributed by atoms with Crippen LogP contribution in [0.1, 0.15) is 119 Å². The number of allylic oxidation sites excluding steroid dienone is 3. The van der Waals surface area contributed by atoms with Crippen molar-refractivity contribution >= 4 is 23.4 Å². The fourth-order valence-electron chi connectivity index (χ4n) is 10.1. The molecule has 5 rings (SSSR count). The molecule has 2 saturated heterocycles. The summed E-state index contributed by atoms with van der Waals surface area (Å²) in [5, 5.41) is 23.3. The number of nitrogens with zero attached hydrogens (tertiary/aromatic N) is 1. The van der Waals surface area contributed by atoms with E-state index in [9.17, 15) is 29.4 Å². The Morgan fingerprint density at radius 3 is 2.23 bits per heavy atom. The van der Waals surface area contributed by atoms with Gasteiger partial charge in [-0.05, 0) is 132 Å². The molecule has 13 nitrogen and oxygen atoms in total. The molecule has 2 bridgehead atoms. The van der Waals surface area contributed by atoms with E-state index in [2.05, 4.69) is 19.1 Å². The van der Waals surface area contributed by atoms with E-state index in [1.165, 1.54) is 4.90 Å². The van der Waals surface area contributed by atoms with Crippen LogP contribution in [0, 0.1) is 29.6 Å². The highest BCUT2D eigenvalue weighted by atomic mass is 16.7. The summed E-state index contributed by atoms with van der Waals surface area (Å²) in [4.78, 5) is 58.1. The minimum Gasteiger partial charge on any atom is -0.497 e. The Bertz CT molecular complexity index is 1740. The zero-order valence-corrected chi connectivity index (χ0v) is 38.5. The van der Waals surface area contributed by atoms with Crippen LogP contribution in [-0.2, 0) is 38.1 Å². The standard InChI is InChI=1S/C49H73NO12/c1-10-35-24-29(2)23-30(3)25-42(58-8)45-43(59-9)27-33(6)49(56,62-45)46(53)47(54)50-22-12-11-13-38(50)48(55)61-44(31(4)14-20-39(35)51)32(5)26-34-15-21-41(40(52)28-34)60-37-18-16-36(57-7)17-19-37/h16-19,24,26,30-31,33-35,38,40-45,52,56H,10-15,20-23,25,27-28H2,1-9H3. The predicted molar refractivity (Wildman–Crippen MR) is 233 cm³/mol. The molecule has 0 radical (unpaired) electrons. The number of Topliss-reactive ketones (excluding diaryl/α,β-unsaturated/α-hetero) is 2. The lowest BCUT2D eigenvalue weighted by Crippen LogP contribution is -2.64. The number of rotatable bonds is 8. The fourth-order valence-corrected chi connectivity index (χ4v) is 10.1. The Kier molecular flexibility index (Phi) is 17.8. The monoisotopic (exact) mass is 868 g/mol. The maximum Gasteiger partial charge on any atom is 0.329 e. The van der Waals surface area contributed by atoms with Crippen LogP contribution in [0.25, 0.3) is 0 Å². The maximum atomic E-state index is 14.4. The van der Waals surface area contributed by atoms with Crippen LogP contribution in [0.4, 0.5) is 0 Å². The van der Waals surface area contributed by atoms with Gasteiger partial charge in [0.2, 0.25) is 5.79 Å². The van der Waals surface area contributed by atoms with Crippen LogP contribution in [0.15, 0.2) is 47.6 Å². The molecule has 346 valence electrons. The second-order valence-electron chi connectivity index (χ2n) is 18.6. The molecule has 3 fully saturated rings. The van der Waals surface area contributed by atoms with Crippen LogP contribution < -0.4 is 9.47 Å². The summed E-state index contributed by atoms with van der Waals surface area (Å²) in [6.07, 6.45) is 6.38. The van der Waals surface area contributed by atoms with E-state index in [1.54, 1.807) is 28.3 Å². The summed E-state index contributed by atoms with van der Waals surface area (Å²) in [6.45, 7) is 11.8. The summed E-state index contributed by atoms with van der Waals surface area (Å²) in [5.74, 6) is -5.09. The average Bonchev–Trinajstić information content (AvgIpc) is 3.26. The highest BCUT2D eigenvalue weighted by Gasteiger charge is 2.56. The lowest BCUT2D eigenvalue weighted by molar-refractivity contribution is -0.302. The van der Waals surface area contributed by atoms with Crippen molar-refractivity contribution in [3.05, 3.63) is 47.6 Å². The lowest BCUT2D eigenvalue weighted by atomic mass is 9.82. The number of hydrogen-bond donors (Lipinski definition) is 2. The van der Waals surface area contributed by atoms with E-state index in [0.29, 0.717) is 62.9 Å². The van der Waals surface area contributed by atoms with Crippen molar-refractivity contribution < 1.29 is 57.8 Å². The summed E-state index contributed by atoms with van der Waals surface area (Å²) >= 11 is 0. The minimum absolute atomic E-state index is 0.0267. The van der Waals surface area contributed by atoms with Gasteiger partial charge >= 0.3 is 5.97 Å². The van der Waals surface area contributed by atoms with Crippen molar-refractivity contribution in [2.45, 2.75) is 167 Å². The number of ketones is 2. The molecule has 3 heterocycles. The van der Waals surface area contributed by atoms with Crippen LogP contribution in [0.2, 0.25) is 0 Å². The summed E-state index contributed by atoms with van der Waals surface area (Å²) in [6, 6.07) is 6.20. The summed E-state index contributed by atoms with van der Waals surface area (Å²) in [7, 11) is 4.70. The molecule has 1 aromatic carbocycles. The number of piperidine rings is 1. The first-order valence-corrected chi connectivity index (χ1v) is 22.9. The van der Waals surface area contributed by atoms with E-state index >= 15 is 0 Å². The van der Waals surface area contributed by atoms with Gasteiger partial charge in [-0.1, -0.05) is 45.4 Å². The van der Waals surface area contributed by atoms with Gasteiger partial charge in [0.1, 0.15) is 41.6 Å². The van der Waals surface area contributed by atoms with E-state index < -0.39 is 65.9 Å². The molecule has 2 N–H and O–H groups in total. The van der Waals surface area contributed by atoms with Gasteiger partial charge in [-0.3, -0.25) is 14.4 Å². The molecule has 0 spiro atoms. The number of carbonyl (C=O) groups excluding carboxylic acids is 4. The highest BCUT2D eigenvalue weighted by molar-refractivity contribution is 6.39. The number of aliphatic hydroxyl groups excluding tert-OH is 1. The summed E-state index contributed by atoms with van der Waals surface area (Å²) in [5.41, 5.74) is 1.86. The fraction of sp³-hybridized carbons (Fsp3) is 0.714. The number of methoxy groups -OCH3 is 3. The number of cyclic esters (lactones) is 1. The second kappa shape index (κ2) is 22.3. The number of ether oxygens (including phenoxy) is 6. The van der Waals surface area contributed by atoms with Crippen LogP contribution in [0.3, 0.4) is 0 Å². The van der Waals surface area contributed by atoms with Gasteiger partial charge in [0.25, 0.3) is 11.7 Å². The van der Waals surface area contributed by atoms with Crippen molar-refractivity contribution in [1.29, 1.82) is 0 Å². The largest absolute Gasteiger partial charge is 0.497 e. The quantitative estimate of drug-likeness (QED) is 0.157. The number of hydrogen-bond acceptors (Lipinski definition) is 12. The van der Waals surface area contributed by atoms with Gasteiger partial charge in [0.15, 0.2) is 0 Å². The molecule has 13 atom stereocenters. The number of amides is 1. The molecule has 1 aromatic rings. The number of benzene rings is 1. The second-order valence-corrected chi connectivity index (χ2v) is 18.6. The first-order chi connectivity index (χ1) is 29.5. The van der Waals surface area contributed by atoms with Crippen molar-refractivity contribution in [2.24, 2.45) is 29.6 Å². The smallest absolute Gasteiger partial charge is 0.329 e. The molecule has 1 amide bonds. The molecule has 4 aliphatic rings. The molecule has 13 heteroatoms.